The maximum atomic E-state index is 12.1. The molecule has 2 amide bonds. The average molecular weight is 299 g/mol. The fourth-order valence-electron chi connectivity index (χ4n) is 2.21. The lowest BCUT2D eigenvalue weighted by atomic mass is 10.1. The van der Waals surface area contributed by atoms with Crippen molar-refractivity contribution >= 4 is 17.8 Å². The maximum Gasteiger partial charge on any atom is 0.339 e. The molecule has 2 aromatic rings. The highest BCUT2D eigenvalue weighted by atomic mass is 16.7. The van der Waals surface area contributed by atoms with Crippen LogP contribution in [0.15, 0.2) is 36.5 Å². The number of hydrogen-bond acceptors (Lipinski definition) is 5. The third-order valence-corrected chi connectivity index (χ3v) is 3.30. The molecule has 2 heterocycles. The molecule has 0 saturated carbocycles. The molecule has 0 fully saturated rings. The third-order valence-electron chi connectivity index (χ3n) is 3.30. The van der Waals surface area contributed by atoms with Crippen molar-refractivity contribution in [2.45, 2.75) is 19.9 Å². The van der Waals surface area contributed by atoms with Gasteiger partial charge >= 0.3 is 5.97 Å². The molecule has 1 aliphatic rings. The van der Waals surface area contributed by atoms with E-state index < -0.39 is 17.8 Å². The number of benzene rings is 1. The number of aryl methyl sites for hydroxylation is 1. The van der Waals surface area contributed by atoms with E-state index in [4.69, 9.17) is 4.84 Å². The second-order valence-electron chi connectivity index (χ2n) is 4.75. The summed E-state index contributed by atoms with van der Waals surface area (Å²) in [5.41, 5.74) is 0.981. The van der Waals surface area contributed by atoms with E-state index in [9.17, 15) is 14.4 Å². The van der Waals surface area contributed by atoms with Crippen molar-refractivity contribution in [3.63, 3.8) is 0 Å². The zero-order chi connectivity index (χ0) is 15.7. The third kappa shape index (κ3) is 2.37. The van der Waals surface area contributed by atoms with Gasteiger partial charge in [-0.25, -0.2) is 4.79 Å². The van der Waals surface area contributed by atoms with Crippen molar-refractivity contribution in [2.75, 3.05) is 0 Å². The highest BCUT2D eigenvalue weighted by Crippen LogP contribution is 2.22. The first kappa shape index (κ1) is 14.0. The van der Waals surface area contributed by atoms with Crippen LogP contribution in [0.5, 0.6) is 0 Å². The van der Waals surface area contributed by atoms with Crippen LogP contribution in [0.3, 0.4) is 0 Å². The van der Waals surface area contributed by atoms with E-state index in [1.165, 1.54) is 12.1 Å². The van der Waals surface area contributed by atoms with Crippen LogP contribution in [-0.2, 0) is 22.6 Å². The molecule has 0 spiro atoms. The molecule has 1 aromatic heterocycles. The van der Waals surface area contributed by atoms with Crippen LogP contribution in [0.1, 0.15) is 33.3 Å². The van der Waals surface area contributed by atoms with E-state index in [0.29, 0.717) is 17.3 Å². The highest BCUT2D eigenvalue weighted by Gasteiger charge is 2.38. The van der Waals surface area contributed by atoms with Crippen LogP contribution < -0.4 is 0 Å². The quantitative estimate of drug-likeness (QED) is 0.792. The number of fused-ring (bicyclic) bond motifs is 1. The van der Waals surface area contributed by atoms with E-state index >= 15 is 0 Å². The van der Waals surface area contributed by atoms with Crippen LogP contribution in [0.4, 0.5) is 0 Å². The molecule has 0 bridgehead atoms. The number of amides is 2. The van der Waals surface area contributed by atoms with Gasteiger partial charge < -0.3 is 4.84 Å². The van der Waals surface area contributed by atoms with Crippen LogP contribution in [-0.4, -0.2) is 32.6 Å². The molecule has 0 aliphatic carbocycles. The normalized spacial score (nSPS) is 13.4. The Balaban J connectivity index is 1.70. The van der Waals surface area contributed by atoms with Gasteiger partial charge in [0.05, 0.1) is 23.2 Å². The largest absolute Gasteiger partial charge is 0.339 e. The minimum absolute atomic E-state index is 0.111. The summed E-state index contributed by atoms with van der Waals surface area (Å²) < 4.78 is 1.67. The zero-order valence-electron chi connectivity index (χ0n) is 11.9. The molecule has 0 saturated heterocycles. The topological polar surface area (TPSA) is 81.5 Å². The number of carbonyl (C=O) groups excluding carboxylic acids is 3. The Bertz CT molecular complexity index is 731. The Kier molecular flexibility index (Phi) is 3.46. The van der Waals surface area contributed by atoms with E-state index in [1.54, 1.807) is 29.1 Å². The molecule has 0 N–H and O–H groups in total. The minimum Gasteiger partial charge on any atom is -0.329 e. The number of hydrogen-bond donors (Lipinski definition) is 0. The lowest BCUT2D eigenvalue weighted by Gasteiger charge is -2.12. The van der Waals surface area contributed by atoms with Gasteiger partial charge in [0.1, 0.15) is 0 Å². The van der Waals surface area contributed by atoms with E-state index in [1.807, 2.05) is 6.92 Å². The molecule has 0 radical (unpaired) electrons. The first-order valence-corrected chi connectivity index (χ1v) is 6.81. The average Bonchev–Trinajstić information content (AvgIpc) is 3.06. The van der Waals surface area contributed by atoms with Crippen molar-refractivity contribution in [1.29, 1.82) is 0 Å². The number of rotatable bonds is 4. The molecule has 22 heavy (non-hydrogen) atoms. The van der Waals surface area contributed by atoms with E-state index in [-0.39, 0.29) is 17.5 Å². The summed E-state index contributed by atoms with van der Waals surface area (Å²) in [5.74, 6) is -1.98. The summed E-state index contributed by atoms with van der Waals surface area (Å²) >= 11 is 0. The lowest BCUT2D eigenvalue weighted by molar-refractivity contribution is -0.167. The number of imide groups is 1. The number of carbonyl (C=O) groups is 3. The smallest absolute Gasteiger partial charge is 0.329 e. The first-order chi connectivity index (χ1) is 10.6. The summed E-state index contributed by atoms with van der Waals surface area (Å²) in [6.07, 6.45) is 1.63. The van der Waals surface area contributed by atoms with Crippen molar-refractivity contribution in [3.05, 3.63) is 53.3 Å². The standard InChI is InChI=1S/C15H13N3O4/c1-2-17-8-7-10(16-17)9-13(19)22-18-14(20)11-5-3-4-6-12(11)15(18)21/h3-8H,2,9H2,1H3. The van der Waals surface area contributed by atoms with Crippen LogP contribution in [0.2, 0.25) is 0 Å². The Labute approximate surface area is 126 Å². The molecule has 0 atom stereocenters. The lowest BCUT2D eigenvalue weighted by Crippen LogP contribution is -2.33. The summed E-state index contributed by atoms with van der Waals surface area (Å²) in [7, 11) is 0. The highest BCUT2D eigenvalue weighted by molar-refractivity contribution is 6.20. The molecule has 0 unspecified atom stereocenters. The molecule has 1 aliphatic heterocycles. The van der Waals surface area contributed by atoms with Gasteiger partial charge in [-0.1, -0.05) is 17.2 Å². The van der Waals surface area contributed by atoms with Gasteiger partial charge in [-0.05, 0) is 25.1 Å². The molecule has 7 nitrogen and oxygen atoms in total. The van der Waals surface area contributed by atoms with Crippen LogP contribution >= 0.6 is 0 Å². The number of aromatic nitrogens is 2. The summed E-state index contributed by atoms with van der Waals surface area (Å²) in [5, 5.41) is 4.65. The predicted octanol–water partition coefficient (Wildman–Crippen LogP) is 1.20. The fourth-order valence-corrected chi connectivity index (χ4v) is 2.21. The first-order valence-electron chi connectivity index (χ1n) is 6.81. The summed E-state index contributed by atoms with van der Waals surface area (Å²) in [6.45, 7) is 2.61. The van der Waals surface area contributed by atoms with Crippen molar-refractivity contribution < 1.29 is 19.2 Å². The van der Waals surface area contributed by atoms with Gasteiger partial charge in [0.15, 0.2) is 0 Å². The number of hydroxylamine groups is 2. The van der Waals surface area contributed by atoms with Crippen LogP contribution in [0.25, 0.3) is 0 Å². The maximum absolute atomic E-state index is 12.1. The summed E-state index contributed by atoms with van der Waals surface area (Å²) in [6, 6.07) is 8.02. The van der Waals surface area contributed by atoms with Crippen LogP contribution in [0, 0.1) is 0 Å². The molecular formula is C15H13N3O4. The van der Waals surface area contributed by atoms with Gasteiger partial charge in [-0.2, -0.15) is 5.10 Å². The second-order valence-corrected chi connectivity index (χ2v) is 4.75. The van der Waals surface area contributed by atoms with Crippen molar-refractivity contribution in [3.8, 4) is 0 Å². The van der Waals surface area contributed by atoms with E-state index in [0.717, 1.165) is 0 Å². The van der Waals surface area contributed by atoms with Gasteiger partial charge in [-0.3, -0.25) is 14.3 Å². The SMILES string of the molecule is CCn1ccc(CC(=O)ON2C(=O)c3ccccc3C2=O)n1. The Morgan fingerprint density at radius 2 is 1.77 bits per heavy atom. The zero-order valence-corrected chi connectivity index (χ0v) is 11.9. The van der Waals surface area contributed by atoms with Gasteiger partial charge in [-0.15, -0.1) is 0 Å². The Hall–Kier alpha value is -2.96. The van der Waals surface area contributed by atoms with E-state index in [2.05, 4.69) is 5.10 Å². The number of nitrogens with zero attached hydrogens (tertiary/aromatic N) is 3. The van der Waals surface area contributed by atoms with Crippen molar-refractivity contribution in [1.82, 2.24) is 14.8 Å². The Morgan fingerprint density at radius 1 is 1.14 bits per heavy atom. The van der Waals surface area contributed by atoms with Gasteiger partial charge in [0.25, 0.3) is 11.8 Å². The Morgan fingerprint density at radius 3 is 2.32 bits per heavy atom. The predicted molar refractivity (Wildman–Crippen MR) is 74.6 cm³/mol. The monoisotopic (exact) mass is 299 g/mol. The van der Waals surface area contributed by atoms with Gasteiger partial charge in [0.2, 0.25) is 0 Å². The molecule has 112 valence electrons. The van der Waals surface area contributed by atoms with Gasteiger partial charge in [0, 0.05) is 12.7 Å². The van der Waals surface area contributed by atoms with Crippen molar-refractivity contribution in [2.24, 2.45) is 0 Å². The fraction of sp³-hybridized carbons (Fsp3) is 0.200. The molecule has 7 heteroatoms. The molecular weight excluding hydrogens is 286 g/mol. The molecule has 3 rings (SSSR count). The molecule has 1 aromatic carbocycles. The minimum atomic E-state index is -0.712. The summed E-state index contributed by atoms with van der Waals surface area (Å²) in [4.78, 5) is 40.9. The second kappa shape index (κ2) is 5.44.